The summed E-state index contributed by atoms with van der Waals surface area (Å²) in [6, 6.07) is 4.53. The Hall–Kier alpha value is -1.49. The maximum atomic E-state index is 13.1. The van der Waals surface area contributed by atoms with Gasteiger partial charge in [-0.2, -0.15) is 0 Å². The van der Waals surface area contributed by atoms with Crippen LogP contribution in [-0.4, -0.2) is 9.97 Å². The molecule has 0 aliphatic rings. The van der Waals surface area contributed by atoms with Crippen LogP contribution in [-0.2, 0) is 6.42 Å². The number of anilines is 1. The average molecular weight is 310 g/mol. The Balaban J connectivity index is 2.60. The lowest BCUT2D eigenvalue weighted by Gasteiger charge is -2.09. The second kappa shape index (κ2) is 5.02. The molecule has 0 saturated carbocycles. The highest BCUT2D eigenvalue weighted by Gasteiger charge is 2.12. The number of nitrogens with two attached hydrogens (primary N) is 1. The summed E-state index contributed by atoms with van der Waals surface area (Å²) >= 11 is 3.37. The predicted molar refractivity (Wildman–Crippen MR) is 73.7 cm³/mol. The molecule has 1 heterocycles. The number of aromatic nitrogens is 2. The van der Waals surface area contributed by atoms with Gasteiger partial charge in [0, 0.05) is 5.56 Å². The summed E-state index contributed by atoms with van der Waals surface area (Å²) in [5.74, 6) is 0.669. The number of aryl methyl sites for hydroxylation is 2. The molecule has 2 rings (SSSR count). The molecule has 5 heteroatoms. The number of benzene rings is 1. The number of hydrogen-bond donors (Lipinski definition) is 1. The minimum Gasteiger partial charge on any atom is -0.383 e. The molecule has 18 heavy (non-hydrogen) atoms. The van der Waals surface area contributed by atoms with Crippen molar-refractivity contribution in [1.29, 1.82) is 0 Å². The molecule has 0 unspecified atom stereocenters. The Bertz CT molecular complexity index is 599. The van der Waals surface area contributed by atoms with Gasteiger partial charge in [-0.05, 0) is 53.0 Å². The number of halogens is 2. The quantitative estimate of drug-likeness (QED) is 0.923. The first kappa shape index (κ1) is 13.0. The molecule has 0 saturated heterocycles. The molecular weight excluding hydrogens is 297 g/mol. The second-order valence-electron chi connectivity index (χ2n) is 4.01. The standard InChI is InChI=1S/C13H13BrFN3/c1-3-10-11(14)12(16)18-13(17-10)9-5-4-8(15)6-7(9)2/h4-6H,3H2,1-2H3,(H2,16,17,18). The fourth-order valence-corrected chi connectivity index (χ4v) is 2.20. The summed E-state index contributed by atoms with van der Waals surface area (Å²) in [7, 11) is 0. The highest BCUT2D eigenvalue weighted by molar-refractivity contribution is 9.10. The average Bonchev–Trinajstić information content (AvgIpc) is 2.32. The SMILES string of the molecule is CCc1nc(-c2ccc(F)cc2C)nc(N)c1Br. The monoisotopic (exact) mass is 309 g/mol. The Labute approximate surface area is 113 Å². The lowest BCUT2D eigenvalue weighted by atomic mass is 10.1. The van der Waals surface area contributed by atoms with E-state index in [0.29, 0.717) is 11.6 Å². The van der Waals surface area contributed by atoms with Crippen LogP contribution >= 0.6 is 15.9 Å². The molecule has 0 radical (unpaired) electrons. The fraction of sp³-hybridized carbons (Fsp3) is 0.231. The van der Waals surface area contributed by atoms with Crippen molar-refractivity contribution in [3.05, 3.63) is 39.7 Å². The largest absolute Gasteiger partial charge is 0.383 e. The molecule has 0 aliphatic carbocycles. The predicted octanol–water partition coefficient (Wildman–Crippen LogP) is 3.50. The van der Waals surface area contributed by atoms with Crippen LogP contribution in [0.3, 0.4) is 0 Å². The van der Waals surface area contributed by atoms with Crippen molar-refractivity contribution in [2.45, 2.75) is 20.3 Å². The van der Waals surface area contributed by atoms with Crippen LogP contribution in [0.1, 0.15) is 18.2 Å². The molecule has 0 atom stereocenters. The van der Waals surface area contributed by atoms with Crippen molar-refractivity contribution in [1.82, 2.24) is 9.97 Å². The fourth-order valence-electron chi connectivity index (χ4n) is 1.75. The minimum absolute atomic E-state index is 0.267. The van der Waals surface area contributed by atoms with E-state index in [1.807, 2.05) is 13.8 Å². The van der Waals surface area contributed by atoms with Crippen molar-refractivity contribution in [3.63, 3.8) is 0 Å². The van der Waals surface area contributed by atoms with Crippen molar-refractivity contribution in [2.75, 3.05) is 5.73 Å². The smallest absolute Gasteiger partial charge is 0.162 e. The highest BCUT2D eigenvalue weighted by Crippen LogP contribution is 2.27. The summed E-state index contributed by atoms with van der Waals surface area (Å²) in [4.78, 5) is 8.69. The van der Waals surface area contributed by atoms with Crippen molar-refractivity contribution >= 4 is 21.7 Å². The van der Waals surface area contributed by atoms with Gasteiger partial charge in [-0.15, -0.1) is 0 Å². The van der Waals surface area contributed by atoms with Gasteiger partial charge in [-0.25, -0.2) is 14.4 Å². The molecule has 2 N–H and O–H groups in total. The molecule has 0 fully saturated rings. The molecule has 1 aromatic heterocycles. The van der Waals surface area contributed by atoms with Crippen LogP contribution < -0.4 is 5.73 Å². The summed E-state index contributed by atoms with van der Waals surface area (Å²) in [6.45, 7) is 3.82. The lowest BCUT2D eigenvalue weighted by Crippen LogP contribution is -2.03. The topological polar surface area (TPSA) is 51.8 Å². The van der Waals surface area contributed by atoms with Gasteiger partial charge in [0.1, 0.15) is 11.6 Å². The van der Waals surface area contributed by atoms with Crippen molar-refractivity contribution in [2.24, 2.45) is 0 Å². The summed E-state index contributed by atoms with van der Waals surface area (Å²) < 4.78 is 13.8. The Morgan fingerprint density at radius 2 is 2.06 bits per heavy atom. The third-order valence-corrected chi connectivity index (χ3v) is 3.57. The molecule has 1 aromatic carbocycles. The molecule has 94 valence electrons. The maximum absolute atomic E-state index is 13.1. The zero-order valence-corrected chi connectivity index (χ0v) is 11.8. The molecule has 0 amide bonds. The van der Waals surface area contributed by atoms with E-state index in [0.717, 1.165) is 27.7 Å². The van der Waals surface area contributed by atoms with Gasteiger partial charge < -0.3 is 5.73 Å². The number of nitrogen functional groups attached to an aromatic ring is 1. The van der Waals surface area contributed by atoms with Crippen LogP contribution in [0.4, 0.5) is 10.2 Å². The molecule has 3 nitrogen and oxygen atoms in total. The van der Waals surface area contributed by atoms with E-state index in [2.05, 4.69) is 25.9 Å². The third kappa shape index (κ3) is 2.36. The zero-order chi connectivity index (χ0) is 13.3. The first-order valence-electron chi connectivity index (χ1n) is 5.61. The van der Waals surface area contributed by atoms with E-state index in [-0.39, 0.29) is 5.82 Å². The number of nitrogens with zero attached hydrogens (tertiary/aromatic N) is 2. The van der Waals surface area contributed by atoms with Gasteiger partial charge in [0.25, 0.3) is 0 Å². The lowest BCUT2D eigenvalue weighted by molar-refractivity contribution is 0.627. The number of hydrogen-bond acceptors (Lipinski definition) is 3. The maximum Gasteiger partial charge on any atom is 0.162 e. The van der Waals surface area contributed by atoms with Gasteiger partial charge in [0.2, 0.25) is 0 Å². The van der Waals surface area contributed by atoms with Crippen LogP contribution in [0.15, 0.2) is 22.7 Å². The van der Waals surface area contributed by atoms with Crippen molar-refractivity contribution < 1.29 is 4.39 Å². The Morgan fingerprint density at radius 1 is 1.33 bits per heavy atom. The Kier molecular flexibility index (Phi) is 3.61. The van der Waals surface area contributed by atoms with Gasteiger partial charge in [0.05, 0.1) is 10.2 Å². The summed E-state index contributed by atoms with van der Waals surface area (Å²) in [5, 5.41) is 0. The van der Waals surface area contributed by atoms with Crippen molar-refractivity contribution in [3.8, 4) is 11.4 Å². The van der Waals surface area contributed by atoms with E-state index in [1.54, 1.807) is 6.07 Å². The third-order valence-electron chi connectivity index (χ3n) is 2.71. The van der Waals surface area contributed by atoms with Crippen LogP contribution in [0.25, 0.3) is 11.4 Å². The summed E-state index contributed by atoms with van der Waals surface area (Å²) in [5.41, 5.74) is 8.28. The van der Waals surface area contributed by atoms with E-state index < -0.39 is 0 Å². The van der Waals surface area contributed by atoms with E-state index in [1.165, 1.54) is 12.1 Å². The van der Waals surface area contributed by atoms with Gasteiger partial charge in [0.15, 0.2) is 5.82 Å². The first-order chi connectivity index (χ1) is 8.52. The van der Waals surface area contributed by atoms with E-state index in [9.17, 15) is 4.39 Å². The Morgan fingerprint density at radius 3 is 2.67 bits per heavy atom. The van der Waals surface area contributed by atoms with E-state index in [4.69, 9.17) is 5.73 Å². The molecule has 0 spiro atoms. The van der Waals surface area contributed by atoms with Crippen LogP contribution in [0, 0.1) is 12.7 Å². The minimum atomic E-state index is -0.267. The van der Waals surface area contributed by atoms with Gasteiger partial charge in [-0.3, -0.25) is 0 Å². The van der Waals surface area contributed by atoms with Gasteiger partial charge >= 0.3 is 0 Å². The molecule has 0 aliphatic heterocycles. The molecule has 0 bridgehead atoms. The molecular formula is C13H13BrFN3. The normalized spacial score (nSPS) is 10.7. The van der Waals surface area contributed by atoms with E-state index >= 15 is 0 Å². The first-order valence-corrected chi connectivity index (χ1v) is 6.40. The summed E-state index contributed by atoms with van der Waals surface area (Å²) in [6.07, 6.45) is 0.751. The molecule has 2 aromatic rings. The zero-order valence-electron chi connectivity index (χ0n) is 10.2. The number of rotatable bonds is 2. The van der Waals surface area contributed by atoms with Crippen LogP contribution in [0.2, 0.25) is 0 Å². The highest BCUT2D eigenvalue weighted by atomic mass is 79.9. The van der Waals surface area contributed by atoms with Crippen LogP contribution in [0.5, 0.6) is 0 Å². The van der Waals surface area contributed by atoms with Gasteiger partial charge in [-0.1, -0.05) is 6.92 Å². The second-order valence-corrected chi connectivity index (χ2v) is 4.80.